The Bertz CT molecular complexity index is 322. The molecule has 0 radical (unpaired) electrons. The fraction of sp³-hybridized carbons (Fsp3) is 0.667. The molecule has 2 aliphatic heterocycles. The summed E-state index contributed by atoms with van der Waals surface area (Å²) in [6.45, 7) is 0. The van der Waals surface area contributed by atoms with Crippen molar-refractivity contribution in [3.8, 4) is 0 Å². The van der Waals surface area contributed by atoms with E-state index in [2.05, 4.69) is 10.2 Å². The predicted molar refractivity (Wildman–Crippen MR) is 48.3 cm³/mol. The second kappa shape index (κ2) is 2.48. The number of nitrogens with zero attached hydrogens (tertiary/aromatic N) is 1. The number of H-pyrrole nitrogens is 1. The van der Waals surface area contributed by atoms with E-state index < -0.39 is 0 Å². The van der Waals surface area contributed by atoms with Crippen LogP contribution >= 0.6 is 0 Å². The monoisotopic (exact) mass is 179 g/mol. The summed E-state index contributed by atoms with van der Waals surface area (Å²) >= 11 is 0. The molecule has 70 valence electrons. The zero-order valence-corrected chi connectivity index (χ0v) is 7.36. The quantitative estimate of drug-likeness (QED) is 0.676. The molecule has 3 unspecified atom stereocenters. The Morgan fingerprint density at radius 2 is 2.46 bits per heavy atom. The summed E-state index contributed by atoms with van der Waals surface area (Å²) in [5.74, 6) is 1.08. The molecule has 2 aliphatic rings. The van der Waals surface area contributed by atoms with E-state index in [1.54, 1.807) is 0 Å². The molecule has 3 rings (SSSR count). The van der Waals surface area contributed by atoms with Crippen LogP contribution in [0.25, 0.3) is 0 Å². The zero-order valence-electron chi connectivity index (χ0n) is 7.36. The van der Waals surface area contributed by atoms with Gasteiger partial charge in [-0.1, -0.05) is 0 Å². The van der Waals surface area contributed by atoms with E-state index >= 15 is 0 Å². The Labute approximate surface area is 76.5 Å². The van der Waals surface area contributed by atoms with Crippen LogP contribution in [0.15, 0.2) is 6.07 Å². The summed E-state index contributed by atoms with van der Waals surface area (Å²) in [5, 5.41) is 6.92. The normalized spacial score (nSPS) is 37.1. The molecule has 2 saturated heterocycles. The smallest absolute Gasteiger partial charge is 0.145 e. The summed E-state index contributed by atoms with van der Waals surface area (Å²) in [7, 11) is 0. The second-order valence-corrected chi connectivity index (χ2v) is 3.96. The molecule has 1 aromatic heterocycles. The maximum atomic E-state index is 5.76. The zero-order chi connectivity index (χ0) is 8.84. The van der Waals surface area contributed by atoms with Gasteiger partial charge in [0.15, 0.2) is 0 Å². The van der Waals surface area contributed by atoms with Crippen molar-refractivity contribution in [2.45, 2.75) is 37.4 Å². The van der Waals surface area contributed by atoms with E-state index in [0.29, 0.717) is 23.9 Å². The maximum absolute atomic E-state index is 5.76. The Kier molecular flexibility index (Phi) is 1.41. The number of rotatable bonds is 1. The van der Waals surface area contributed by atoms with Crippen molar-refractivity contribution in [3.05, 3.63) is 11.8 Å². The highest BCUT2D eigenvalue weighted by atomic mass is 16.5. The topological polar surface area (TPSA) is 63.9 Å². The first-order chi connectivity index (χ1) is 6.33. The molecule has 0 amide bonds. The summed E-state index contributed by atoms with van der Waals surface area (Å²) < 4.78 is 5.76. The maximum Gasteiger partial charge on any atom is 0.145 e. The van der Waals surface area contributed by atoms with E-state index in [4.69, 9.17) is 10.5 Å². The van der Waals surface area contributed by atoms with Crippen LogP contribution in [0.5, 0.6) is 0 Å². The molecule has 1 aromatic rings. The van der Waals surface area contributed by atoms with Gasteiger partial charge in [-0.05, 0) is 19.3 Å². The van der Waals surface area contributed by atoms with Crippen LogP contribution in [0.2, 0.25) is 0 Å². The van der Waals surface area contributed by atoms with Gasteiger partial charge in [-0.3, -0.25) is 5.10 Å². The number of nitrogen functional groups attached to an aromatic ring is 1. The molecule has 2 fully saturated rings. The molecule has 0 aliphatic carbocycles. The Morgan fingerprint density at radius 1 is 1.54 bits per heavy atom. The van der Waals surface area contributed by atoms with Crippen molar-refractivity contribution in [2.24, 2.45) is 0 Å². The number of nitrogens with two attached hydrogens (primary N) is 1. The first-order valence-electron chi connectivity index (χ1n) is 4.79. The number of anilines is 1. The predicted octanol–water partition coefficient (Wildman–Crippen LogP) is 1.03. The van der Waals surface area contributed by atoms with Gasteiger partial charge in [0.1, 0.15) is 5.82 Å². The average molecular weight is 179 g/mol. The molecule has 4 nitrogen and oxygen atoms in total. The lowest BCUT2D eigenvalue weighted by molar-refractivity contribution is 0.100. The minimum Gasteiger partial charge on any atom is -0.382 e. The SMILES string of the molecule is Nc1cc(C2CC3CCC2O3)[nH]n1. The van der Waals surface area contributed by atoms with E-state index in [-0.39, 0.29) is 0 Å². The van der Waals surface area contributed by atoms with Crippen molar-refractivity contribution in [1.29, 1.82) is 0 Å². The van der Waals surface area contributed by atoms with Crippen LogP contribution < -0.4 is 5.73 Å². The van der Waals surface area contributed by atoms with Gasteiger partial charge in [0.05, 0.1) is 12.2 Å². The van der Waals surface area contributed by atoms with Crippen LogP contribution in [0.1, 0.15) is 30.9 Å². The number of nitrogens with one attached hydrogen (secondary N) is 1. The molecule has 0 spiro atoms. The number of hydrogen-bond donors (Lipinski definition) is 2. The molecule has 3 atom stereocenters. The summed E-state index contributed by atoms with van der Waals surface area (Å²) in [5.41, 5.74) is 6.70. The highest BCUT2D eigenvalue weighted by Gasteiger charge is 2.42. The number of aromatic amines is 1. The fourth-order valence-electron chi connectivity index (χ4n) is 2.51. The van der Waals surface area contributed by atoms with Crippen molar-refractivity contribution < 1.29 is 4.74 Å². The average Bonchev–Trinajstić information content (AvgIpc) is 2.77. The molecule has 3 heterocycles. The third-order valence-corrected chi connectivity index (χ3v) is 3.12. The van der Waals surface area contributed by atoms with Gasteiger partial charge < -0.3 is 10.5 Å². The molecular weight excluding hydrogens is 166 g/mol. The van der Waals surface area contributed by atoms with Crippen molar-refractivity contribution >= 4 is 5.82 Å². The number of fused-ring (bicyclic) bond motifs is 2. The number of aromatic nitrogens is 2. The lowest BCUT2D eigenvalue weighted by Gasteiger charge is -2.15. The second-order valence-electron chi connectivity index (χ2n) is 3.96. The van der Waals surface area contributed by atoms with Crippen molar-refractivity contribution in [2.75, 3.05) is 5.73 Å². The molecular formula is C9H13N3O. The van der Waals surface area contributed by atoms with E-state index in [0.717, 1.165) is 12.1 Å². The summed E-state index contributed by atoms with van der Waals surface area (Å²) in [4.78, 5) is 0. The van der Waals surface area contributed by atoms with E-state index in [1.807, 2.05) is 6.07 Å². The van der Waals surface area contributed by atoms with Gasteiger partial charge in [-0.2, -0.15) is 5.10 Å². The van der Waals surface area contributed by atoms with Crippen LogP contribution in [0.3, 0.4) is 0 Å². The third-order valence-electron chi connectivity index (χ3n) is 3.12. The van der Waals surface area contributed by atoms with Crippen LogP contribution in [0, 0.1) is 0 Å². The van der Waals surface area contributed by atoms with Gasteiger partial charge in [0.2, 0.25) is 0 Å². The third kappa shape index (κ3) is 1.05. The molecule has 4 heteroatoms. The minimum absolute atomic E-state index is 0.407. The van der Waals surface area contributed by atoms with Gasteiger partial charge in [-0.25, -0.2) is 0 Å². The molecule has 0 saturated carbocycles. The van der Waals surface area contributed by atoms with E-state index in [1.165, 1.54) is 12.8 Å². The van der Waals surface area contributed by atoms with Gasteiger partial charge in [0, 0.05) is 17.7 Å². The first kappa shape index (κ1) is 7.38. The van der Waals surface area contributed by atoms with Crippen LogP contribution in [-0.4, -0.2) is 22.4 Å². The molecule has 0 aromatic carbocycles. The highest BCUT2D eigenvalue weighted by molar-refractivity contribution is 5.31. The van der Waals surface area contributed by atoms with Gasteiger partial charge >= 0.3 is 0 Å². The highest BCUT2D eigenvalue weighted by Crippen LogP contribution is 2.43. The molecule has 13 heavy (non-hydrogen) atoms. The largest absolute Gasteiger partial charge is 0.382 e. The van der Waals surface area contributed by atoms with E-state index in [9.17, 15) is 0 Å². The fourth-order valence-corrected chi connectivity index (χ4v) is 2.51. The standard InChI is InChI=1S/C9H13N3O/c10-9-4-7(11-12-9)6-3-5-1-2-8(6)13-5/h4-6,8H,1-3H2,(H3,10,11,12). The molecule has 2 bridgehead atoms. The van der Waals surface area contributed by atoms with Crippen molar-refractivity contribution in [1.82, 2.24) is 10.2 Å². The van der Waals surface area contributed by atoms with Crippen LogP contribution in [-0.2, 0) is 4.74 Å². The Morgan fingerprint density at radius 3 is 3.00 bits per heavy atom. The Hall–Kier alpha value is -1.03. The Balaban J connectivity index is 1.87. The summed E-state index contributed by atoms with van der Waals surface area (Å²) in [6.07, 6.45) is 4.44. The lowest BCUT2D eigenvalue weighted by Crippen LogP contribution is -2.14. The van der Waals surface area contributed by atoms with Crippen molar-refractivity contribution in [3.63, 3.8) is 0 Å². The first-order valence-corrected chi connectivity index (χ1v) is 4.79. The van der Waals surface area contributed by atoms with Gasteiger partial charge in [-0.15, -0.1) is 0 Å². The summed E-state index contributed by atoms with van der Waals surface area (Å²) in [6, 6.07) is 1.93. The number of hydrogen-bond acceptors (Lipinski definition) is 3. The van der Waals surface area contributed by atoms with Gasteiger partial charge in [0.25, 0.3) is 0 Å². The lowest BCUT2D eigenvalue weighted by atomic mass is 9.87. The number of ether oxygens (including phenoxy) is 1. The minimum atomic E-state index is 0.407. The molecule has 3 N–H and O–H groups in total. The van der Waals surface area contributed by atoms with Crippen LogP contribution in [0.4, 0.5) is 5.82 Å².